The van der Waals surface area contributed by atoms with Crippen LogP contribution in [-0.2, 0) is 19.7 Å². The van der Waals surface area contributed by atoms with Crippen LogP contribution in [0.1, 0.15) is 25.4 Å². The molecular weight excluding hydrogens is 166 g/mol. The van der Waals surface area contributed by atoms with Crippen LogP contribution >= 0.6 is 0 Å². The van der Waals surface area contributed by atoms with Gasteiger partial charge in [0, 0.05) is 19.3 Å². The maximum absolute atomic E-state index is 8.79. The van der Waals surface area contributed by atoms with E-state index in [1.807, 2.05) is 20.0 Å². The molecule has 0 atom stereocenters. The fourth-order valence-electron chi connectivity index (χ4n) is 1.32. The van der Waals surface area contributed by atoms with Crippen molar-refractivity contribution in [2.24, 2.45) is 0 Å². The number of imidazole rings is 1. The minimum Gasteiger partial charge on any atom is -0.390 e. The first-order valence-electron chi connectivity index (χ1n) is 4.76. The summed E-state index contributed by atoms with van der Waals surface area (Å²) in [6.45, 7) is 6.82. The van der Waals surface area contributed by atoms with Gasteiger partial charge in [-0.2, -0.15) is 0 Å². The average Bonchev–Trinajstić information content (AvgIpc) is 2.63. The summed E-state index contributed by atoms with van der Waals surface area (Å²) in [4.78, 5) is 4.22. The Labute approximate surface area is 78.6 Å². The number of nitrogens with zero attached hydrogens (tertiary/aromatic N) is 2. The van der Waals surface area contributed by atoms with E-state index in [0.717, 1.165) is 31.2 Å². The van der Waals surface area contributed by atoms with Crippen LogP contribution < -0.4 is 5.32 Å². The van der Waals surface area contributed by atoms with Gasteiger partial charge in [-0.05, 0) is 0 Å². The standard InChI is InChI=1S/C7H11N3O.C2H6/c11-5-6-4-10-2-1-8-3-7(10)9-6;1-2/h4,8,11H,1-3,5H2;1-2H3. The lowest BCUT2D eigenvalue weighted by Crippen LogP contribution is -2.27. The molecule has 1 aliphatic rings. The highest BCUT2D eigenvalue weighted by atomic mass is 16.3. The number of nitrogens with one attached hydrogen (secondary N) is 1. The van der Waals surface area contributed by atoms with E-state index >= 15 is 0 Å². The van der Waals surface area contributed by atoms with Crippen molar-refractivity contribution in [3.05, 3.63) is 17.7 Å². The number of aliphatic hydroxyl groups excluding tert-OH is 1. The third-order valence-electron chi connectivity index (χ3n) is 1.88. The third kappa shape index (κ3) is 2.29. The molecule has 0 amide bonds. The second kappa shape index (κ2) is 4.99. The van der Waals surface area contributed by atoms with Crippen LogP contribution in [0.4, 0.5) is 0 Å². The first-order valence-corrected chi connectivity index (χ1v) is 4.76. The largest absolute Gasteiger partial charge is 0.390 e. The van der Waals surface area contributed by atoms with E-state index in [9.17, 15) is 0 Å². The van der Waals surface area contributed by atoms with E-state index in [0.29, 0.717) is 0 Å². The molecule has 0 unspecified atom stereocenters. The Morgan fingerprint density at radius 2 is 2.38 bits per heavy atom. The van der Waals surface area contributed by atoms with Crippen LogP contribution in [0.2, 0.25) is 0 Å². The molecule has 1 aromatic heterocycles. The molecule has 13 heavy (non-hydrogen) atoms. The topological polar surface area (TPSA) is 50.1 Å². The zero-order chi connectivity index (χ0) is 9.68. The number of rotatable bonds is 1. The second-order valence-electron chi connectivity index (χ2n) is 2.68. The Bertz CT molecular complexity index is 234. The van der Waals surface area contributed by atoms with Crippen molar-refractivity contribution < 1.29 is 5.11 Å². The van der Waals surface area contributed by atoms with Crippen LogP contribution in [0.5, 0.6) is 0 Å². The van der Waals surface area contributed by atoms with Crippen LogP contribution in [0.3, 0.4) is 0 Å². The van der Waals surface area contributed by atoms with Gasteiger partial charge in [-0.1, -0.05) is 13.8 Å². The molecule has 0 bridgehead atoms. The highest BCUT2D eigenvalue weighted by molar-refractivity contribution is 5.04. The molecule has 0 saturated heterocycles. The Kier molecular flexibility index (Phi) is 3.92. The van der Waals surface area contributed by atoms with Gasteiger partial charge in [-0.25, -0.2) is 4.98 Å². The van der Waals surface area contributed by atoms with Crippen molar-refractivity contribution in [2.75, 3.05) is 6.54 Å². The molecule has 0 spiro atoms. The van der Waals surface area contributed by atoms with Crippen LogP contribution in [0.25, 0.3) is 0 Å². The molecule has 0 aromatic carbocycles. The summed E-state index contributed by atoms with van der Waals surface area (Å²) in [6, 6.07) is 0. The van der Waals surface area contributed by atoms with E-state index in [1.54, 1.807) is 0 Å². The Hall–Kier alpha value is -0.870. The van der Waals surface area contributed by atoms with E-state index < -0.39 is 0 Å². The zero-order valence-corrected chi connectivity index (χ0v) is 8.25. The van der Waals surface area contributed by atoms with Gasteiger partial charge in [0.2, 0.25) is 0 Å². The molecule has 2 heterocycles. The van der Waals surface area contributed by atoms with Crippen molar-refractivity contribution >= 4 is 0 Å². The minimum absolute atomic E-state index is 0.0417. The van der Waals surface area contributed by atoms with Crippen molar-refractivity contribution in [3.63, 3.8) is 0 Å². The van der Waals surface area contributed by atoms with Gasteiger partial charge >= 0.3 is 0 Å². The Morgan fingerprint density at radius 1 is 1.62 bits per heavy atom. The highest BCUT2D eigenvalue weighted by Crippen LogP contribution is 2.05. The SMILES string of the molecule is CC.OCc1cn2c(n1)CNCC2. The van der Waals surface area contributed by atoms with Gasteiger partial charge in [0.1, 0.15) is 5.82 Å². The molecule has 1 aromatic rings. The summed E-state index contributed by atoms with van der Waals surface area (Å²) in [5, 5.41) is 12.0. The predicted molar refractivity (Wildman–Crippen MR) is 51.2 cm³/mol. The summed E-state index contributed by atoms with van der Waals surface area (Å²) in [6.07, 6.45) is 1.91. The maximum atomic E-state index is 8.79. The highest BCUT2D eigenvalue weighted by Gasteiger charge is 2.10. The molecule has 2 rings (SSSR count). The first-order chi connectivity index (χ1) is 6.40. The smallest absolute Gasteiger partial charge is 0.123 e. The van der Waals surface area contributed by atoms with Crippen molar-refractivity contribution in [1.82, 2.24) is 14.9 Å². The van der Waals surface area contributed by atoms with Gasteiger partial charge in [0.05, 0.1) is 18.8 Å². The average molecular weight is 183 g/mol. The minimum atomic E-state index is 0.0417. The number of fused-ring (bicyclic) bond motifs is 1. The predicted octanol–water partition coefficient (Wildman–Crippen LogP) is 0.505. The molecule has 0 aliphatic carbocycles. The summed E-state index contributed by atoms with van der Waals surface area (Å²) >= 11 is 0. The molecule has 74 valence electrons. The first kappa shape index (κ1) is 10.2. The third-order valence-corrected chi connectivity index (χ3v) is 1.88. The van der Waals surface area contributed by atoms with E-state index in [4.69, 9.17) is 5.11 Å². The summed E-state index contributed by atoms with van der Waals surface area (Å²) in [5.74, 6) is 1.03. The molecule has 0 radical (unpaired) electrons. The van der Waals surface area contributed by atoms with Gasteiger partial charge in [-0.3, -0.25) is 0 Å². The second-order valence-corrected chi connectivity index (χ2v) is 2.68. The summed E-state index contributed by atoms with van der Waals surface area (Å²) < 4.78 is 2.09. The van der Waals surface area contributed by atoms with Crippen LogP contribution in [0.15, 0.2) is 6.20 Å². The van der Waals surface area contributed by atoms with E-state index in [-0.39, 0.29) is 6.61 Å². The monoisotopic (exact) mass is 183 g/mol. The van der Waals surface area contributed by atoms with Crippen molar-refractivity contribution in [2.45, 2.75) is 33.5 Å². The number of hydrogen-bond acceptors (Lipinski definition) is 3. The van der Waals surface area contributed by atoms with Crippen molar-refractivity contribution in [1.29, 1.82) is 0 Å². The lowest BCUT2D eigenvalue weighted by molar-refractivity contribution is 0.277. The zero-order valence-electron chi connectivity index (χ0n) is 8.25. The Morgan fingerprint density at radius 3 is 3.00 bits per heavy atom. The van der Waals surface area contributed by atoms with E-state index in [2.05, 4.69) is 14.9 Å². The lowest BCUT2D eigenvalue weighted by atomic mass is 10.4. The molecule has 2 N–H and O–H groups in total. The number of aromatic nitrogens is 2. The van der Waals surface area contributed by atoms with Gasteiger partial charge < -0.3 is 15.0 Å². The molecule has 4 nitrogen and oxygen atoms in total. The van der Waals surface area contributed by atoms with Crippen LogP contribution in [0, 0.1) is 0 Å². The van der Waals surface area contributed by atoms with Crippen LogP contribution in [-0.4, -0.2) is 21.2 Å². The number of hydrogen-bond donors (Lipinski definition) is 2. The molecule has 0 fully saturated rings. The fraction of sp³-hybridized carbons (Fsp3) is 0.667. The lowest BCUT2D eigenvalue weighted by Gasteiger charge is -2.13. The molecular formula is C9H17N3O. The van der Waals surface area contributed by atoms with Gasteiger partial charge in [0.25, 0.3) is 0 Å². The summed E-state index contributed by atoms with van der Waals surface area (Å²) in [5.41, 5.74) is 0.767. The summed E-state index contributed by atoms with van der Waals surface area (Å²) in [7, 11) is 0. The quantitative estimate of drug-likeness (QED) is 0.666. The van der Waals surface area contributed by atoms with Gasteiger partial charge in [0.15, 0.2) is 0 Å². The molecule has 0 saturated carbocycles. The number of aliphatic hydroxyl groups is 1. The van der Waals surface area contributed by atoms with Gasteiger partial charge in [-0.15, -0.1) is 0 Å². The van der Waals surface area contributed by atoms with Crippen molar-refractivity contribution in [3.8, 4) is 0 Å². The maximum Gasteiger partial charge on any atom is 0.123 e. The molecule has 4 heteroatoms. The molecule has 1 aliphatic heterocycles. The fourth-order valence-corrected chi connectivity index (χ4v) is 1.32. The van der Waals surface area contributed by atoms with E-state index in [1.165, 1.54) is 0 Å². The Balaban J connectivity index is 0.000000396. The normalized spacial score (nSPS) is 14.4.